The maximum Gasteiger partial charge on any atom is 0.119 e. The molecule has 0 spiro atoms. The van der Waals surface area contributed by atoms with E-state index < -0.39 is 0 Å². The molecule has 2 aromatic carbocycles. The number of phenolic OH excluding ortho intramolecular Hbond substituents is 1. The average molecular weight is 326 g/mol. The molecule has 2 heteroatoms. The van der Waals surface area contributed by atoms with Crippen LogP contribution in [0.25, 0.3) is 0 Å². The van der Waals surface area contributed by atoms with E-state index in [1.165, 1.54) is 30.4 Å². The smallest absolute Gasteiger partial charge is 0.119 e. The number of aryl methyl sites for hydroxylation is 2. The van der Waals surface area contributed by atoms with Crippen LogP contribution in [0.15, 0.2) is 48.5 Å². The van der Waals surface area contributed by atoms with Crippen molar-refractivity contribution in [2.24, 2.45) is 0 Å². The van der Waals surface area contributed by atoms with Gasteiger partial charge in [-0.2, -0.15) is 0 Å². The van der Waals surface area contributed by atoms with Crippen LogP contribution in [-0.2, 0) is 12.8 Å². The van der Waals surface area contributed by atoms with Crippen molar-refractivity contribution in [3.63, 3.8) is 0 Å². The zero-order chi connectivity index (χ0) is 17.2. The van der Waals surface area contributed by atoms with Crippen molar-refractivity contribution in [3.05, 3.63) is 59.7 Å². The molecule has 0 radical (unpaired) electrons. The van der Waals surface area contributed by atoms with E-state index >= 15 is 0 Å². The first-order chi connectivity index (χ1) is 11.7. The second-order valence-electron chi connectivity index (χ2n) is 6.59. The number of rotatable bonds is 10. The number of hydrogen-bond donors (Lipinski definition) is 1. The first-order valence-electron chi connectivity index (χ1n) is 9.21. The van der Waals surface area contributed by atoms with Gasteiger partial charge in [-0.1, -0.05) is 44.0 Å². The SMILES string of the molecule is CCCCCc1ccc(O[C@@H](C)CCCc2ccc(O)cc2)cc1. The Bertz CT molecular complexity index is 572. The Kier molecular flexibility index (Phi) is 7.67. The Balaban J connectivity index is 1.69. The van der Waals surface area contributed by atoms with Crippen molar-refractivity contribution < 1.29 is 9.84 Å². The van der Waals surface area contributed by atoms with Crippen LogP contribution in [0, 0.1) is 0 Å². The molecule has 24 heavy (non-hydrogen) atoms. The lowest BCUT2D eigenvalue weighted by Crippen LogP contribution is -2.12. The number of aromatic hydroxyl groups is 1. The minimum absolute atomic E-state index is 0.216. The van der Waals surface area contributed by atoms with Crippen LogP contribution in [0.3, 0.4) is 0 Å². The molecule has 0 saturated heterocycles. The Morgan fingerprint density at radius 1 is 0.833 bits per heavy atom. The van der Waals surface area contributed by atoms with Crippen LogP contribution in [0.5, 0.6) is 11.5 Å². The summed E-state index contributed by atoms with van der Waals surface area (Å²) < 4.78 is 6.01. The second kappa shape index (κ2) is 10.0. The lowest BCUT2D eigenvalue weighted by Gasteiger charge is -2.15. The molecule has 1 atom stereocenters. The molecular weight excluding hydrogens is 296 g/mol. The second-order valence-corrected chi connectivity index (χ2v) is 6.59. The third-order valence-corrected chi connectivity index (χ3v) is 4.34. The average Bonchev–Trinajstić information content (AvgIpc) is 2.58. The van der Waals surface area contributed by atoms with Gasteiger partial charge >= 0.3 is 0 Å². The van der Waals surface area contributed by atoms with E-state index in [-0.39, 0.29) is 6.10 Å². The molecule has 0 fully saturated rings. The molecule has 0 aliphatic rings. The number of hydrogen-bond acceptors (Lipinski definition) is 2. The molecule has 1 N–H and O–H groups in total. The summed E-state index contributed by atoms with van der Waals surface area (Å²) >= 11 is 0. The fraction of sp³-hybridized carbons (Fsp3) is 0.455. The highest BCUT2D eigenvalue weighted by molar-refractivity contribution is 5.28. The third kappa shape index (κ3) is 6.66. The van der Waals surface area contributed by atoms with E-state index in [0.717, 1.165) is 31.4 Å². The van der Waals surface area contributed by atoms with Crippen molar-refractivity contribution >= 4 is 0 Å². The maximum absolute atomic E-state index is 9.29. The monoisotopic (exact) mass is 326 g/mol. The first-order valence-corrected chi connectivity index (χ1v) is 9.21. The van der Waals surface area contributed by atoms with Crippen LogP contribution in [0.4, 0.5) is 0 Å². The van der Waals surface area contributed by atoms with Gasteiger partial charge in [0.15, 0.2) is 0 Å². The van der Waals surface area contributed by atoms with Crippen molar-refractivity contribution in [1.29, 1.82) is 0 Å². The van der Waals surface area contributed by atoms with Crippen molar-refractivity contribution in [2.75, 3.05) is 0 Å². The molecule has 0 aliphatic carbocycles. The van der Waals surface area contributed by atoms with Gasteiger partial charge in [0, 0.05) is 0 Å². The summed E-state index contributed by atoms with van der Waals surface area (Å²) in [5.74, 6) is 1.29. The summed E-state index contributed by atoms with van der Waals surface area (Å²) in [7, 11) is 0. The van der Waals surface area contributed by atoms with Gasteiger partial charge in [0.1, 0.15) is 11.5 Å². The molecule has 2 rings (SSSR count). The number of benzene rings is 2. The summed E-state index contributed by atoms with van der Waals surface area (Å²) in [5, 5.41) is 9.29. The Morgan fingerprint density at radius 3 is 2.04 bits per heavy atom. The zero-order valence-electron chi connectivity index (χ0n) is 15.0. The predicted molar refractivity (Wildman–Crippen MR) is 101 cm³/mol. The minimum atomic E-state index is 0.216. The topological polar surface area (TPSA) is 29.5 Å². The van der Waals surface area contributed by atoms with Gasteiger partial charge in [0.05, 0.1) is 6.10 Å². The molecule has 0 unspecified atom stereocenters. The van der Waals surface area contributed by atoms with Gasteiger partial charge in [0.25, 0.3) is 0 Å². The zero-order valence-corrected chi connectivity index (χ0v) is 15.0. The lowest BCUT2D eigenvalue weighted by atomic mass is 10.1. The fourth-order valence-corrected chi connectivity index (χ4v) is 2.86. The van der Waals surface area contributed by atoms with Crippen molar-refractivity contribution in [2.45, 2.75) is 64.9 Å². The van der Waals surface area contributed by atoms with E-state index in [1.54, 1.807) is 12.1 Å². The molecule has 2 nitrogen and oxygen atoms in total. The normalized spacial score (nSPS) is 12.1. The maximum atomic E-state index is 9.29. The van der Waals surface area contributed by atoms with Gasteiger partial charge in [-0.3, -0.25) is 0 Å². The van der Waals surface area contributed by atoms with Gasteiger partial charge in [-0.25, -0.2) is 0 Å². The number of ether oxygens (including phenoxy) is 1. The predicted octanol–water partition coefficient (Wildman–Crippen LogP) is 5.92. The van der Waals surface area contributed by atoms with Crippen molar-refractivity contribution in [1.82, 2.24) is 0 Å². The number of unbranched alkanes of at least 4 members (excludes halogenated alkanes) is 2. The summed E-state index contributed by atoms with van der Waals surface area (Å²) in [6.45, 7) is 4.37. The third-order valence-electron chi connectivity index (χ3n) is 4.34. The molecule has 130 valence electrons. The molecule has 0 heterocycles. The summed E-state index contributed by atoms with van der Waals surface area (Å²) in [5.41, 5.74) is 2.66. The molecule has 0 aromatic heterocycles. The van der Waals surface area contributed by atoms with Gasteiger partial charge in [-0.15, -0.1) is 0 Å². The molecule has 0 aliphatic heterocycles. The molecule has 0 saturated carbocycles. The quantitative estimate of drug-likeness (QED) is 0.549. The van der Waals surface area contributed by atoms with Crippen LogP contribution < -0.4 is 4.74 Å². The van der Waals surface area contributed by atoms with Gasteiger partial charge in [0.2, 0.25) is 0 Å². The van der Waals surface area contributed by atoms with Crippen LogP contribution in [-0.4, -0.2) is 11.2 Å². The summed E-state index contributed by atoms with van der Waals surface area (Å²) in [6.07, 6.45) is 8.35. The van der Waals surface area contributed by atoms with Crippen molar-refractivity contribution in [3.8, 4) is 11.5 Å². The first kappa shape index (κ1) is 18.4. The summed E-state index contributed by atoms with van der Waals surface area (Å²) in [4.78, 5) is 0. The largest absolute Gasteiger partial charge is 0.508 e. The molecule has 0 amide bonds. The van der Waals surface area contributed by atoms with E-state index in [4.69, 9.17) is 4.74 Å². The molecular formula is C22H30O2. The molecule has 2 aromatic rings. The van der Waals surface area contributed by atoms with Crippen LogP contribution in [0.2, 0.25) is 0 Å². The Hall–Kier alpha value is -1.96. The number of phenols is 1. The van der Waals surface area contributed by atoms with Crippen LogP contribution >= 0.6 is 0 Å². The lowest BCUT2D eigenvalue weighted by molar-refractivity contribution is 0.208. The van der Waals surface area contributed by atoms with E-state index in [0.29, 0.717) is 5.75 Å². The van der Waals surface area contributed by atoms with Gasteiger partial charge < -0.3 is 9.84 Å². The minimum Gasteiger partial charge on any atom is -0.508 e. The summed E-state index contributed by atoms with van der Waals surface area (Å²) in [6, 6.07) is 16.0. The fourth-order valence-electron chi connectivity index (χ4n) is 2.86. The van der Waals surface area contributed by atoms with E-state index in [2.05, 4.69) is 38.1 Å². The Morgan fingerprint density at radius 2 is 1.42 bits per heavy atom. The molecule has 0 bridgehead atoms. The van der Waals surface area contributed by atoms with Crippen LogP contribution in [0.1, 0.15) is 57.1 Å². The highest BCUT2D eigenvalue weighted by atomic mass is 16.5. The Labute approximate surface area is 146 Å². The van der Waals surface area contributed by atoms with Gasteiger partial charge in [-0.05, 0) is 74.4 Å². The van der Waals surface area contributed by atoms with E-state index in [1.807, 2.05) is 12.1 Å². The standard InChI is InChI=1S/C22H30O2/c1-3-4-5-8-19-12-16-22(17-13-19)24-18(2)7-6-9-20-10-14-21(23)15-11-20/h10-18,23H,3-9H2,1-2H3/t18-/m0/s1. The highest BCUT2D eigenvalue weighted by Crippen LogP contribution is 2.18. The van der Waals surface area contributed by atoms with E-state index in [9.17, 15) is 5.11 Å². The highest BCUT2D eigenvalue weighted by Gasteiger charge is 2.05.